The summed E-state index contributed by atoms with van der Waals surface area (Å²) in [6.45, 7) is 0. The van der Waals surface area contributed by atoms with E-state index in [0.717, 1.165) is 0 Å². The van der Waals surface area contributed by atoms with E-state index >= 15 is 0 Å². The molecule has 1 aromatic carbocycles. The van der Waals surface area contributed by atoms with Crippen LogP contribution in [-0.2, 0) is 4.79 Å². The molecule has 0 N–H and O–H groups in total. The molecule has 0 unspecified atom stereocenters. The first-order valence-electron chi connectivity index (χ1n) is 4.24. The number of hydrogen-bond donors (Lipinski definition) is 0. The Morgan fingerprint density at radius 2 is 1.75 bits per heavy atom. The molecule has 0 fully saturated rings. The Morgan fingerprint density at radius 1 is 1.12 bits per heavy atom. The van der Waals surface area contributed by atoms with Crippen molar-refractivity contribution in [2.45, 2.75) is 0 Å². The number of ether oxygens (including phenoxy) is 1. The lowest BCUT2D eigenvalue weighted by Gasteiger charge is -2.01. The van der Waals surface area contributed by atoms with Crippen molar-refractivity contribution in [3.63, 3.8) is 0 Å². The van der Waals surface area contributed by atoms with Crippen molar-refractivity contribution in [1.82, 2.24) is 0 Å². The molecule has 1 aromatic rings. The van der Waals surface area contributed by atoms with Gasteiger partial charge in [-0.3, -0.25) is 4.79 Å². The van der Waals surface area contributed by atoms with Crippen LogP contribution in [0.1, 0.15) is 5.56 Å². The molecule has 0 spiro atoms. The van der Waals surface area contributed by atoms with Crippen molar-refractivity contribution < 1.29 is 22.7 Å². The first kappa shape index (κ1) is 12.0. The average Bonchev–Trinajstić information content (AvgIpc) is 2.28. The van der Waals surface area contributed by atoms with Crippen molar-refractivity contribution >= 4 is 12.4 Å². The third kappa shape index (κ3) is 3.61. The van der Waals surface area contributed by atoms with Gasteiger partial charge in [-0.15, -0.1) is 0 Å². The van der Waals surface area contributed by atoms with Gasteiger partial charge in [0.15, 0.2) is 0 Å². The van der Waals surface area contributed by atoms with Crippen LogP contribution in [0.3, 0.4) is 0 Å². The van der Waals surface area contributed by atoms with Crippen LogP contribution >= 0.6 is 0 Å². The van der Waals surface area contributed by atoms with E-state index in [-0.39, 0.29) is 5.75 Å². The van der Waals surface area contributed by atoms with Gasteiger partial charge in [0.25, 0.3) is 0 Å². The minimum absolute atomic E-state index is 0.0476. The summed E-state index contributed by atoms with van der Waals surface area (Å²) < 4.78 is 39.9. The highest BCUT2D eigenvalue weighted by atomic mass is 19.3. The molecular formula is C11H7F3O2. The maximum absolute atomic E-state index is 12.4. The highest BCUT2D eigenvalue weighted by molar-refractivity contribution is 5.73. The van der Waals surface area contributed by atoms with E-state index in [0.29, 0.717) is 11.8 Å². The largest absolute Gasteiger partial charge is 0.428 e. The maximum Gasteiger partial charge on any atom is 0.344 e. The molecule has 0 aliphatic rings. The molecule has 0 bridgehead atoms. The fourth-order valence-corrected chi connectivity index (χ4v) is 0.939. The van der Waals surface area contributed by atoms with Crippen LogP contribution in [0.25, 0.3) is 6.08 Å². The van der Waals surface area contributed by atoms with Crippen LogP contribution in [0.4, 0.5) is 13.2 Å². The van der Waals surface area contributed by atoms with E-state index in [9.17, 15) is 18.0 Å². The zero-order chi connectivity index (χ0) is 12.0. The molecule has 1 rings (SSSR count). The Bertz CT molecular complexity index is 417. The molecule has 0 atom stereocenters. The van der Waals surface area contributed by atoms with E-state index in [1.165, 1.54) is 36.4 Å². The molecule has 5 heteroatoms. The minimum Gasteiger partial charge on any atom is -0.428 e. The van der Waals surface area contributed by atoms with Gasteiger partial charge in [-0.1, -0.05) is 18.2 Å². The fourth-order valence-electron chi connectivity index (χ4n) is 0.939. The molecule has 0 radical (unpaired) electrons. The van der Waals surface area contributed by atoms with Gasteiger partial charge in [0.2, 0.25) is 0 Å². The summed E-state index contributed by atoms with van der Waals surface area (Å²) in [6.07, 6.45) is 0.881. The molecule has 16 heavy (non-hydrogen) atoms. The molecule has 0 aromatic heterocycles. The van der Waals surface area contributed by atoms with E-state index < -0.39 is 12.1 Å². The van der Waals surface area contributed by atoms with Crippen molar-refractivity contribution in [2.75, 3.05) is 0 Å². The molecule has 84 valence electrons. The second-order valence-electron chi connectivity index (χ2n) is 2.70. The van der Waals surface area contributed by atoms with Crippen LogP contribution in [0.5, 0.6) is 5.75 Å². The summed E-state index contributed by atoms with van der Waals surface area (Å²) in [7, 11) is 0. The summed E-state index contributed by atoms with van der Waals surface area (Å²) in [4.78, 5) is 10.0. The lowest BCUT2D eigenvalue weighted by Crippen LogP contribution is -1.90. The first-order valence-corrected chi connectivity index (χ1v) is 4.24. The molecule has 0 saturated carbocycles. The lowest BCUT2D eigenvalue weighted by atomic mass is 10.2. The quantitative estimate of drug-likeness (QED) is 0.449. The Labute approximate surface area is 89.6 Å². The number of aldehydes is 1. The molecule has 0 aliphatic carbocycles. The molecule has 0 aliphatic heterocycles. The molecule has 0 saturated heterocycles. The van der Waals surface area contributed by atoms with Crippen LogP contribution in [-0.4, -0.2) is 6.29 Å². The molecule has 0 amide bonds. The molecule has 2 nitrogen and oxygen atoms in total. The van der Waals surface area contributed by atoms with Crippen molar-refractivity contribution in [1.29, 1.82) is 0 Å². The van der Waals surface area contributed by atoms with E-state index in [1.54, 1.807) is 0 Å². The van der Waals surface area contributed by atoms with Crippen LogP contribution in [0.2, 0.25) is 0 Å². The Balaban J connectivity index is 2.76. The minimum atomic E-state index is -2.51. The normalized spacial score (nSPS) is 10.2. The summed E-state index contributed by atoms with van der Waals surface area (Å²) in [6, 6.07) is 3.70. The highest BCUT2D eigenvalue weighted by Crippen LogP contribution is 2.19. The topological polar surface area (TPSA) is 26.3 Å². The second kappa shape index (κ2) is 5.75. The van der Waals surface area contributed by atoms with Crippen LogP contribution in [0, 0.1) is 0 Å². The number of benzene rings is 1. The summed E-state index contributed by atoms with van der Waals surface area (Å²) >= 11 is 0. The fraction of sp³-hybridized carbons (Fsp3) is 0. The highest BCUT2D eigenvalue weighted by Gasteiger charge is 2.06. The van der Waals surface area contributed by atoms with Crippen molar-refractivity contribution in [3.05, 3.63) is 48.0 Å². The standard InChI is InChI=1S/C11H7F3O2/c12-10(13)11(14)16-9-5-3-8(4-6-9)2-1-7-15/h1-7H. The number of hydrogen-bond acceptors (Lipinski definition) is 2. The smallest absolute Gasteiger partial charge is 0.344 e. The van der Waals surface area contributed by atoms with Crippen LogP contribution in [0.15, 0.2) is 42.4 Å². The third-order valence-electron chi connectivity index (χ3n) is 1.60. The van der Waals surface area contributed by atoms with Gasteiger partial charge in [0.05, 0.1) is 0 Å². The number of carbonyl (C=O) groups is 1. The second-order valence-corrected chi connectivity index (χ2v) is 2.70. The SMILES string of the molecule is O=CC=Cc1ccc(OC(F)=C(F)F)cc1. The van der Waals surface area contributed by atoms with E-state index in [1.807, 2.05) is 0 Å². The summed E-state index contributed by atoms with van der Waals surface area (Å²) in [5.74, 6) is -0.0476. The van der Waals surface area contributed by atoms with Gasteiger partial charge in [0, 0.05) is 0 Å². The van der Waals surface area contributed by atoms with Gasteiger partial charge in [-0.2, -0.15) is 13.2 Å². The van der Waals surface area contributed by atoms with Crippen molar-refractivity contribution in [3.8, 4) is 5.75 Å². The summed E-state index contributed by atoms with van der Waals surface area (Å²) in [5, 5.41) is 0. The van der Waals surface area contributed by atoms with Gasteiger partial charge >= 0.3 is 12.1 Å². The van der Waals surface area contributed by atoms with Crippen LogP contribution < -0.4 is 4.74 Å². The third-order valence-corrected chi connectivity index (χ3v) is 1.60. The zero-order valence-corrected chi connectivity index (χ0v) is 7.99. The zero-order valence-electron chi connectivity index (χ0n) is 7.99. The maximum atomic E-state index is 12.4. The molecular weight excluding hydrogens is 221 g/mol. The number of rotatable bonds is 4. The average molecular weight is 228 g/mol. The Morgan fingerprint density at radius 3 is 2.25 bits per heavy atom. The van der Waals surface area contributed by atoms with Gasteiger partial charge < -0.3 is 4.74 Å². The molecule has 0 heterocycles. The lowest BCUT2D eigenvalue weighted by molar-refractivity contribution is -0.104. The number of carbonyl (C=O) groups excluding carboxylic acids is 1. The van der Waals surface area contributed by atoms with Gasteiger partial charge in [-0.25, -0.2) is 0 Å². The Kier molecular flexibility index (Phi) is 4.32. The first-order chi connectivity index (χ1) is 7.63. The van der Waals surface area contributed by atoms with E-state index in [4.69, 9.17) is 0 Å². The van der Waals surface area contributed by atoms with Gasteiger partial charge in [-0.05, 0) is 23.8 Å². The summed E-state index contributed by atoms with van der Waals surface area (Å²) in [5.41, 5.74) is 0.671. The predicted octanol–water partition coefficient (Wildman–Crippen LogP) is 3.31. The Hall–Kier alpha value is -2.04. The number of allylic oxidation sites excluding steroid dienone is 1. The predicted molar refractivity (Wildman–Crippen MR) is 52.5 cm³/mol. The van der Waals surface area contributed by atoms with Crippen molar-refractivity contribution in [2.24, 2.45) is 0 Å². The number of halogens is 3. The van der Waals surface area contributed by atoms with E-state index in [2.05, 4.69) is 4.74 Å². The van der Waals surface area contributed by atoms with Gasteiger partial charge in [0.1, 0.15) is 12.0 Å². The monoisotopic (exact) mass is 228 g/mol.